The molecular weight excluding hydrogens is 238 g/mol. The quantitative estimate of drug-likeness (QED) is 0.876. The summed E-state index contributed by atoms with van der Waals surface area (Å²) in [7, 11) is 0. The fourth-order valence-corrected chi connectivity index (χ4v) is 1.93. The van der Waals surface area contributed by atoms with Crippen molar-refractivity contribution in [2.45, 2.75) is 6.92 Å². The molecule has 1 aliphatic rings. The average molecular weight is 250 g/mol. The molecular formula is C13H12ClNO2. The van der Waals surface area contributed by atoms with Crippen LogP contribution in [0.25, 0.3) is 0 Å². The zero-order valence-electron chi connectivity index (χ0n) is 9.35. The second-order valence-electron chi connectivity index (χ2n) is 3.85. The Labute approximate surface area is 105 Å². The third-order valence-corrected chi connectivity index (χ3v) is 3.14. The largest absolute Gasteiger partial charge is 0.478 e. The van der Waals surface area contributed by atoms with E-state index in [1.54, 1.807) is 12.2 Å². The van der Waals surface area contributed by atoms with Crippen LogP contribution in [0.4, 0.5) is 5.69 Å². The number of carboxylic acids is 1. The highest BCUT2D eigenvalue weighted by molar-refractivity contribution is 6.31. The lowest BCUT2D eigenvalue weighted by Gasteiger charge is -2.25. The van der Waals surface area contributed by atoms with Crippen LogP contribution in [0.3, 0.4) is 0 Å². The number of allylic oxidation sites excluding steroid dienone is 2. The van der Waals surface area contributed by atoms with E-state index in [-0.39, 0.29) is 0 Å². The maximum atomic E-state index is 10.9. The number of carbonyl (C=O) groups is 1. The van der Waals surface area contributed by atoms with Gasteiger partial charge in [0.15, 0.2) is 0 Å². The highest BCUT2D eigenvalue weighted by Gasteiger charge is 2.16. The van der Waals surface area contributed by atoms with Crippen molar-refractivity contribution in [1.29, 1.82) is 0 Å². The summed E-state index contributed by atoms with van der Waals surface area (Å²) in [5.74, 6) is -0.890. The molecule has 0 atom stereocenters. The molecule has 1 N–H and O–H groups in total. The van der Waals surface area contributed by atoms with E-state index in [0.29, 0.717) is 17.1 Å². The third kappa shape index (κ3) is 2.34. The Morgan fingerprint density at radius 1 is 1.47 bits per heavy atom. The normalized spacial score (nSPS) is 14.7. The standard InChI is InChI=1S/C13H12ClNO2/c1-9-11(14)5-2-6-12(9)15-7-3-4-10(8-15)13(16)17/h2-7H,8H2,1H3,(H,16,17). The van der Waals surface area contributed by atoms with Gasteiger partial charge in [0.25, 0.3) is 0 Å². The van der Waals surface area contributed by atoms with Crippen LogP contribution >= 0.6 is 11.6 Å². The molecule has 88 valence electrons. The van der Waals surface area contributed by atoms with E-state index in [1.807, 2.05) is 36.2 Å². The predicted molar refractivity (Wildman–Crippen MR) is 68.4 cm³/mol. The summed E-state index contributed by atoms with van der Waals surface area (Å²) in [6.45, 7) is 2.28. The van der Waals surface area contributed by atoms with Crippen LogP contribution in [-0.4, -0.2) is 17.6 Å². The molecule has 17 heavy (non-hydrogen) atoms. The van der Waals surface area contributed by atoms with Crippen LogP contribution in [0, 0.1) is 6.92 Å². The van der Waals surface area contributed by atoms with Gasteiger partial charge >= 0.3 is 5.97 Å². The lowest BCUT2D eigenvalue weighted by Crippen LogP contribution is -2.25. The maximum Gasteiger partial charge on any atom is 0.333 e. The van der Waals surface area contributed by atoms with Crippen molar-refractivity contribution >= 4 is 23.3 Å². The van der Waals surface area contributed by atoms with Crippen molar-refractivity contribution in [3.63, 3.8) is 0 Å². The summed E-state index contributed by atoms with van der Waals surface area (Å²) in [5.41, 5.74) is 2.25. The van der Waals surface area contributed by atoms with Gasteiger partial charge in [0, 0.05) is 16.9 Å². The van der Waals surface area contributed by atoms with Gasteiger partial charge in [0.1, 0.15) is 0 Å². The number of anilines is 1. The van der Waals surface area contributed by atoms with Crippen LogP contribution in [0.2, 0.25) is 5.02 Å². The van der Waals surface area contributed by atoms with Gasteiger partial charge in [-0.2, -0.15) is 0 Å². The van der Waals surface area contributed by atoms with Gasteiger partial charge in [0.05, 0.1) is 12.1 Å². The van der Waals surface area contributed by atoms with E-state index >= 15 is 0 Å². The van der Waals surface area contributed by atoms with E-state index in [4.69, 9.17) is 16.7 Å². The molecule has 0 saturated carbocycles. The fraction of sp³-hybridized carbons (Fsp3) is 0.154. The zero-order chi connectivity index (χ0) is 12.4. The fourth-order valence-electron chi connectivity index (χ4n) is 1.76. The van der Waals surface area contributed by atoms with Gasteiger partial charge in [0.2, 0.25) is 0 Å². The second-order valence-corrected chi connectivity index (χ2v) is 4.26. The molecule has 3 nitrogen and oxygen atoms in total. The Morgan fingerprint density at radius 3 is 2.94 bits per heavy atom. The van der Waals surface area contributed by atoms with Crippen molar-refractivity contribution in [3.05, 3.63) is 52.7 Å². The Morgan fingerprint density at radius 2 is 2.24 bits per heavy atom. The van der Waals surface area contributed by atoms with Crippen molar-refractivity contribution < 1.29 is 9.90 Å². The number of rotatable bonds is 2. The van der Waals surface area contributed by atoms with Crippen molar-refractivity contribution in [1.82, 2.24) is 0 Å². The van der Waals surface area contributed by atoms with Crippen LogP contribution < -0.4 is 4.90 Å². The topological polar surface area (TPSA) is 40.5 Å². The average Bonchev–Trinajstić information content (AvgIpc) is 2.33. The Kier molecular flexibility index (Phi) is 3.20. The first-order chi connectivity index (χ1) is 8.09. The minimum absolute atomic E-state index is 0.354. The summed E-state index contributed by atoms with van der Waals surface area (Å²) in [5, 5.41) is 9.65. The van der Waals surface area contributed by atoms with Crippen LogP contribution in [0.5, 0.6) is 0 Å². The lowest BCUT2D eigenvalue weighted by atomic mass is 10.1. The molecule has 0 saturated heterocycles. The maximum absolute atomic E-state index is 10.9. The molecule has 0 fully saturated rings. The summed E-state index contributed by atoms with van der Waals surface area (Å²) >= 11 is 6.05. The minimum atomic E-state index is -0.890. The molecule has 1 aromatic rings. The van der Waals surface area contributed by atoms with Gasteiger partial charge in [-0.1, -0.05) is 17.7 Å². The first-order valence-electron chi connectivity index (χ1n) is 5.22. The number of aliphatic carboxylic acids is 1. The number of nitrogens with zero attached hydrogens (tertiary/aromatic N) is 1. The number of halogens is 1. The Balaban J connectivity index is 2.32. The van der Waals surface area contributed by atoms with E-state index in [9.17, 15) is 4.79 Å². The molecule has 1 aliphatic heterocycles. The predicted octanol–water partition coefficient (Wildman–Crippen LogP) is 2.99. The molecule has 2 rings (SSSR count). The van der Waals surface area contributed by atoms with Gasteiger partial charge in [-0.25, -0.2) is 4.79 Å². The second kappa shape index (κ2) is 4.63. The summed E-state index contributed by atoms with van der Waals surface area (Å²) in [6.07, 6.45) is 5.19. The van der Waals surface area contributed by atoms with E-state index in [1.165, 1.54) is 0 Å². The summed E-state index contributed by atoms with van der Waals surface area (Å²) < 4.78 is 0. The van der Waals surface area contributed by atoms with Gasteiger partial charge in [-0.15, -0.1) is 0 Å². The lowest BCUT2D eigenvalue weighted by molar-refractivity contribution is -0.132. The summed E-state index contributed by atoms with van der Waals surface area (Å²) in [4.78, 5) is 12.8. The molecule has 0 aromatic heterocycles. The Bertz CT molecular complexity index is 520. The number of hydrogen-bond donors (Lipinski definition) is 1. The van der Waals surface area contributed by atoms with Crippen LogP contribution in [0.15, 0.2) is 42.1 Å². The number of carboxylic acid groups (broad SMARTS) is 1. The molecule has 0 spiro atoms. The first kappa shape index (κ1) is 11.7. The van der Waals surface area contributed by atoms with Crippen molar-refractivity contribution in [3.8, 4) is 0 Å². The van der Waals surface area contributed by atoms with E-state index in [0.717, 1.165) is 11.3 Å². The monoisotopic (exact) mass is 249 g/mol. The van der Waals surface area contributed by atoms with Crippen LogP contribution in [-0.2, 0) is 4.79 Å². The smallest absolute Gasteiger partial charge is 0.333 e. The highest BCUT2D eigenvalue weighted by Crippen LogP contribution is 2.28. The molecule has 0 aliphatic carbocycles. The zero-order valence-corrected chi connectivity index (χ0v) is 10.1. The van der Waals surface area contributed by atoms with Gasteiger partial charge in [-0.05, 0) is 36.8 Å². The highest BCUT2D eigenvalue weighted by atomic mass is 35.5. The van der Waals surface area contributed by atoms with E-state index < -0.39 is 5.97 Å². The minimum Gasteiger partial charge on any atom is -0.478 e. The first-order valence-corrected chi connectivity index (χ1v) is 5.60. The number of hydrogen-bond acceptors (Lipinski definition) is 2. The molecule has 1 aromatic carbocycles. The van der Waals surface area contributed by atoms with Gasteiger partial charge < -0.3 is 10.0 Å². The van der Waals surface area contributed by atoms with Crippen LogP contribution in [0.1, 0.15) is 5.56 Å². The molecule has 0 radical (unpaired) electrons. The Hall–Kier alpha value is -1.74. The molecule has 4 heteroatoms. The van der Waals surface area contributed by atoms with Crippen molar-refractivity contribution in [2.75, 3.05) is 11.4 Å². The van der Waals surface area contributed by atoms with Gasteiger partial charge in [-0.3, -0.25) is 0 Å². The van der Waals surface area contributed by atoms with Crippen molar-refractivity contribution in [2.24, 2.45) is 0 Å². The molecule has 0 unspecified atom stereocenters. The van der Waals surface area contributed by atoms with E-state index in [2.05, 4.69) is 0 Å². The molecule has 0 bridgehead atoms. The SMILES string of the molecule is Cc1c(Cl)cccc1N1C=CC=C(C(=O)O)C1. The molecule has 0 amide bonds. The third-order valence-electron chi connectivity index (χ3n) is 2.73. The summed E-state index contributed by atoms with van der Waals surface area (Å²) in [6, 6.07) is 5.61. The number of benzene rings is 1. The molecule has 1 heterocycles.